The highest BCUT2D eigenvalue weighted by Gasteiger charge is 2.32. The normalized spacial score (nSPS) is 10.2. The molecular weight excluding hydrogens is 195 g/mol. The van der Waals surface area contributed by atoms with Crippen molar-refractivity contribution in [3.63, 3.8) is 0 Å². The van der Waals surface area contributed by atoms with Crippen molar-refractivity contribution in [2.45, 2.75) is 6.18 Å². The van der Waals surface area contributed by atoms with Gasteiger partial charge >= 0.3 is 6.18 Å². The van der Waals surface area contributed by atoms with Crippen molar-refractivity contribution in [1.82, 2.24) is 4.98 Å². The molecule has 0 spiro atoms. The zero-order valence-electron chi connectivity index (χ0n) is 6.80. The quantitative estimate of drug-likeness (QED) is 0.469. The fourth-order valence-corrected chi connectivity index (χ4v) is 0.766. The van der Waals surface area contributed by atoms with Crippen LogP contribution in [0.3, 0.4) is 0 Å². The van der Waals surface area contributed by atoms with E-state index in [1.54, 1.807) is 0 Å². The number of hydrogen-bond donors (Lipinski definition) is 0. The van der Waals surface area contributed by atoms with E-state index in [9.17, 15) is 18.0 Å². The van der Waals surface area contributed by atoms with Gasteiger partial charge in [0.15, 0.2) is 6.29 Å². The van der Waals surface area contributed by atoms with E-state index in [1.165, 1.54) is 12.1 Å². The molecule has 0 amide bonds. The van der Waals surface area contributed by atoms with Gasteiger partial charge in [-0.3, -0.25) is 4.79 Å². The molecule has 1 aromatic heterocycles. The Labute approximate surface area is 77.8 Å². The first-order chi connectivity index (χ1) is 6.54. The molecule has 5 heteroatoms. The number of nitrogens with zero attached hydrogens (tertiary/aromatic N) is 1. The summed E-state index contributed by atoms with van der Waals surface area (Å²) < 4.78 is 36.3. The average Bonchev–Trinajstić information content (AvgIpc) is 2.14. The molecule has 2 nitrogen and oxygen atoms in total. The van der Waals surface area contributed by atoms with Gasteiger partial charge in [-0.25, -0.2) is 4.98 Å². The van der Waals surface area contributed by atoms with Crippen LogP contribution in [0.4, 0.5) is 13.2 Å². The number of carbonyl (C=O) groups excluding carboxylic acids is 1. The van der Waals surface area contributed by atoms with Gasteiger partial charge in [0.2, 0.25) is 0 Å². The predicted molar refractivity (Wildman–Crippen MR) is 42.2 cm³/mol. The Hall–Kier alpha value is -1.83. The van der Waals surface area contributed by atoms with E-state index in [0.717, 1.165) is 6.07 Å². The third-order valence-electron chi connectivity index (χ3n) is 1.30. The van der Waals surface area contributed by atoms with Crippen LogP contribution in [0, 0.1) is 11.8 Å². The lowest BCUT2D eigenvalue weighted by Crippen LogP contribution is -2.08. The van der Waals surface area contributed by atoms with Gasteiger partial charge in [-0.05, 0) is 24.0 Å². The molecule has 1 heterocycles. The third-order valence-corrected chi connectivity index (χ3v) is 1.30. The summed E-state index contributed by atoms with van der Waals surface area (Å²) in [4.78, 5) is 13.1. The molecular formula is C9H4F3NO. The summed E-state index contributed by atoms with van der Waals surface area (Å²) in [5.41, 5.74) is -1.10. The number of halogens is 3. The molecule has 72 valence electrons. The Kier molecular flexibility index (Phi) is 2.87. The molecule has 0 aliphatic carbocycles. The van der Waals surface area contributed by atoms with Crippen molar-refractivity contribution in [3.05, 3.63) is 29.6 Å². The van der Waals surface area contributed by atoms with Gasteiger partial charge in [0.05, 0.1) is 0 Å². The topological polar surface area (TPSA) is 30.0 Å². The molecule has 0 aromatic carbocycles. The van der Waals surface area contributed by atoms with Crippen LogP contribution >= 0.6 is 0 Å². The summed E-state index contributed by atoms with van der Waals surface area (Å²) in [7, 11) is 0. The fraction of sp³-hybridized carbons (Fsp3) is 0.111. The number of alkyl halides is 3. The summed E-state index contributed by atoms with van der Waals surface area (Å²) in [6.45, 7) is 0. The Balaban J connectivity index is 3.07. The highest BCUT2D eigenvalue weighted by atomic mass is 19.4. The van der Waals surface area contributed by atoms with Crippen molar-refractivity contribution >= 4 is 6.29 Å². The van der Waals surface area contributed by atoms with Crippen molar-refractivity contribution in [2.24, 2.45) is 0 Å². The largest absolute Gasteiger partial charge is 0.433 e. The monoisotopic (exact) mass is 199 g/mol. The zero-order valence-corrected chi connectivity index (χ0v) is 6.80. The summed E-state index contributed by atoms with van der Waals surface area (Å²) in [6, 6.07) is 3.32. The Bertz CT molecular complexity index is 400. The van der Waals surface area contributed by atoms with Crippen LogP contribution in [0.15, 0.2) is 18.2 Å². The van der Waals surface area contributed by atoms with Crippen LogP contribution in [-0.4, -0.2) is 11.3 Å². The first-order valence-electron chi connectivity index (χ1n) is 3.53. The van der Waals surface area contributed by atoms with Gasteiger partial charge in [-0.2, -0.15) is 13.2 Å². The maximum absolute atomic E-state index is 12.1. The third kappa shape index (κ3) is 2.59. The van der Waals surface area contributed by atoms with Crippen LogP contribution in [0.25, 0.3) is 0 Å². The summed E-state index contributed by atoms with van der Waals surface area (Å²) in [6.07, 6.45) is -4.19. The molecule has 0 bridgehead atoms. The second kappa shape index (κ2) is 3.92. The predicted octanol–water partition coefficient (Wildman–Crippen LogP) is 1.65. The number of pyridine rings is 1. The second-order valence-corrected chi connectivity index (χ2v) is 2.29. The fourth-order valence-electron chi connectivity index (χ4n) is 0.766. The molecule has 0 fully saturated rings. The van der Waals surface area contributed by atoms with Crippen LogP contribution in [0.1, 0.15) is 11.4 Å². The van der Waals surface area contributed by atoms with Gasteiger partial charge in [-0.15, -0.1) is 0 Å². The van der Waals surface area contributed by atoms with Gasteiger partial charge in [0.25, 0.3) is 0 Å². The van der Waals surface area contributed by atoms with E-state index in [-0.39, 0.29) is 5.69 Å². The minimum absolute atomic E-state index is 0.0769. The lowest BCUT2D eigenvalue weighted by atomic mass is 10.3. The van der Waals surface area contributed by atoms with Crippen LogP contribution in [0.5, 0.6) is 0 Å². The van der Waals surface area contributed by atoms with Crippen molar-refractivity contribution in [3.8, 4) is 11.8 Å². The van der Waals surface area contributed by atoms with E-state index in [1.807, 2.05) is 5.92 Å². The maximum Gasteiger partial charge on any atom is 0.433 e. The summed E-state index contributed by atoms with van der Waals surface area (Å²) >= 11 is 0. The molecule has 14 heavy (non-hydrogen) atoms. The minimum atomic E-state index is -4.49. The number of carbonyl (C=O) groups is 1. The molecule has 0 unspecified atom stereocenters. The molecule has 0 aliphatic heterocycles. The molecule has 1 aromatic rings. The number of aromatic nitrogens is 1. The molecule has 0 saturated heterocycles. The number of aldehydes is 1. The first-order valence-corrected chi connectivity index (χ1v) is 3.53. The van der Waals surface area contributed by atoms with E-state index in [4.69, 9.17) is 0 Å². The van der Waals surface area contributed by atoms with E-state index >= 15 is 0 Å². The standard InChI is InChI=1S/C9H4F3NO/c10-9(11,12)8-5-1-3-7(13-8)4-2-6-14/h1,3,5-6H. The lowest BCUT2D eigenvalue weighted by Gasteiger charge is -2.04. The van der Waals surface area contributed by atoms with E-state index in [2.05, 4.69) is 10.9 Å². The maximum atomic E-state index is 12.1. The van der Waals surface area contributed by atoms with Gasteiger partial charge < -0.3 is 0 Å². The van der Waals surface area contributed by atoms with Crippen molar-refractivity contribution < 1.29 is 18.0 Å². The zero-order chi connectivity index (χ0) is 10.6. The van der Waals surface area contributed by atoms with Crippen LogP contribution in [0.2, 0.25) is 0 Å². The van der Waals surface area contributed by atoms with Crippen LogP contribution in [-0.2, 0) is 11.0 Å². The second-order valence-electron chi connectivity index (χ2n) is 2.29. The highest BCUT2D eigenvalue weighted by Crippen LogP contribution is 2.27. The SMILES string of the molecule is O=CC#Cc1cccc(C(F)(F)F)n1. The Morgan fingerprint density at radius 3 is 2.64 bits per heavy atom. The lowest BCUT2D eigenvalue weighted by molar-refractivity contribution is -0.141. The molecule has 0 aliphatic rings. The molecule has 0 N–H and O–H groups in total. The van der Waals surface area contributed by atoms with Gasteiger partial charge in [0, 0.05) is 0 Å². The van der Waals surface area contributed by atoms with E-state index < -0.39 is 11.9 Å². The smallest absolute Gasteiger partial charge is 0.289 e. The van der Waals surface area contributed by atoms with Gasteiger partial charge in [-0.1, -0.05) is 6.07 Å². The number of hydrogen-bond acceptors (Lipinski definition) is 2. The Morgan fingerprint density at radius 1 is 1.36 bits per heavy atom. The summed E-state index contributed by atoms with van der Waals surface area (Å²) in [5.74, 6) is 4.16. The molecule has 0 radical (unpaired) electrons. The number of rotatable bonds is 0. The Morgan fingerprint density at radius 2 is 2.07 bits per heavy atom. The summed E-state index contributed by atoms with van der Waals surface area (Å²) in [5, 5.41) is 0. The molecule has 0 atom stereocenters. The highest BCUT2D eigenvalue weighted by molar-refractivity contribution is 5.73. The average molecular weight is 199 g/mol. The van der Waals surface area contributed by atoms with Crippen LogP contribution < -0.4 is 0 Å². The molecule has 0 saturated carbocycles. The first kappa shape index (κ1) is 10.3. The van der Waals surface area contributed by atoms with Crippen molar-refractivity contribution in [1.29, 1.82) is 0 Å². The minimum Gasteiger partial charge on any atom is -0.289 e. The van der Waals surface area contributed by atoms with E-state index in [0.29, 0.717) is 6.29 Å². The molecule has 1 rings (SSSR count). The van der Waals surface area contributed by atoms with Gasteiger partial charge in [0.1, 0.15) is 11.4 Å². The van der Waals surface area contributed by atoms with Crippen molar-refractivity contribution in [2.75, 3.05) is 0 Å².